The first-order valence-electron chi connectivity index (χ1n) is 9.72. The van der Waals surface area contributed by atoms with Gasteiger partial charge in [0.15, 0.2) is 0 Å². The van der Waals surface area contributed by atoms with Crippen molar-refractivity contribution in [2.24, 2.45) is 0 Å². The molecule has 1 N–H and O–H groups in total. The molecule has 0 saturated carbocycles. The number of sulfonamides is 1. The van der Waals surface area contributed by atoms with Gasteiger partial charge in [-0.25, -0.2) is 18.1 Å². The monoisotopic (exact) mass is 436 g/mol. The fraction of sp³-hybridized carbons (Fsp3) is 0.500. The molecule has 0 unspecified atom stereocenters. The first kappa shape index (κ1) is 21.9. The first-order valence-corrected chi connectivity index (χ1v) is 12.1. The molecule has 1 aliphatic heterocycles. The summed E-state index contributed by atoms with van der Waals surface area (Å²) in [4.78, 5) is 21.3. The Morgan fingerprint density at radius 2 is 1.86 bits per heavy atom. The molecule has 0 spiro atoms. The Hall–Kier alpha value is -1.81. The Balaban J connectivity index is 1.43. The normalized spacial score (nSPS) is 15.6. The average Bonchev–Trinajstić information content (AvgIpc) is 3.09. The summed E-state index contributed by atoms with van der Waals surface area (Å²) < 4.78 is 27.4. The summed E-state index contributed by atoms with van der Waals surface area (Å²) in [6.45, 7) is 9.65. The Morgan fingerprint density at radius 3 is 2.48 bits per heavy atom. The Labute approximate surface area is 176 Å². The first-order chi connectivity index (χ1) is 13.7. The highest BCUT2D eigenvalue weighted by Crippen LogP contribution is 2.15. The number of aromatic nitrogens is 1. The molecule has 1 aromatic heterocycles. The Bertz CT molecular complexity index is 964. The van der Waals surface area contributed by atoms with Crippen LogP contribution in [-0.4, -0.2) is 61.8 Å². The predicted molar refractivity (Wildman–Crippen MR) is 114 cm³/mol. The van der Waals surface area contributed by atoms with Gasteiger partial charge in [-0.1, -0.05) is 6.07 Å². The van der Waals surface area contributed by atoms with E-state index in [0.29, 0.717) is 13.1 Å². The second-order valence-corrected chi connectivity index (χ2v) is 10.2. The van der Waals surface area contributed by atoms with Gasteiger partial charge in [0.1, 0.15) is 0 Å². The van der Waals surface area contributed by atoms with Crippen LogP contribution >= 0.6 is 11.3 Å². The van der Waals surface area contributed by atoms with Crippen molar-refractivity contribution in [3.8, 4) is 0 Å². The van der Waals surface area contributed by atoms with Gasteiger partial charge in [-0.05, 0) is 44.0 Å². The van der Waals surface area contributed by atoms with Crippen molar-refractivity contribution in [1.82, 2.24) is 19.5 Å². The van der Waals surface area contributed by atoms with Gasteiger partial charge < -0.3 is 4.90 Å². The number of nitrogens with one attached hydrogen (secondary N) is 1. The maximum Gasteiger partial charge on any atom is 0.240 e. The Morgan fingerprint density at radius 1 is 1.14 bits per heavy atom. The fourth-order valence-electron chi connectivity index (χ4n) is 3.28. The van der Waals surface area contributed by atoms with Crippen LogP contribution in [0.15, 0.2) is 28.5 Å². The topological polar surface area (TPSA) is 82.6 Å². The molecule has 9 heteroatoms. The van der Waals surface area contributed by atoms with E-state index in [1.54, 1.807) is 29.5 Å². The van der Waals surface area contributed by atoms with Crippen LogP contribution < -0.4 is 4.72 Å². The van der Waals surface area contributed by atoms with E-state index in [0.717, 1.165) is 41.5 Å². The summed E-state index contributed by atoms with van der Waals surface area (Å²) in [6.07, 6.45) is 0.162. The van der Waals surface area contributed by atoms with Crippen LogP contribution in [0.25, 0.3) is 0 Å². The number of hydrogen-bond donors (Lipinski definition) is 1. The minimum atomic E-state index is -3.60. The lowest BCUT2D eigenvalue weighted by Gasteiger charge is -2.34. The van der Waals surface area contributed by atoms with Gasteiger partial charge in [0.2, 0.25) is 15.9 Å². The van der Waals surface area contributed by atoms with Gasteiger partial charge in [0.25, 0.3) is 0 Å². The third-order valence-electron chi connectivity index (χ3n) is 5.20. The molecule has 0 aliphatic carbocycles. The van der Waals surface area contributed by atoms with E-state index in [1.165, 1.54) is 0 Å². The number of aryl methyl sites for hydroxylation is 3. The van der Waals surface area contributed by atoms with Crippen molar-refractivity contribution >= 4 is 27.3 Å². The second-order valence-electron chi connectivity index (χ2n) is 7.41. The summed E-state index contributed by atoms with van der Waals surface area (Å²) in [7, 11) is -3.60. The lowest BCUT2D eigenvalue weighted by molar-refractivity contribution is -0.132. The molecule has 1 aliphatic rings. The van der Waals surface area contributed by atoms with Gasteiger partial charge in [-0.15, -0.1) is 11.3 Å². The quantitative estimate of drug-likeness (QED) is 0.719. The van der Waals surface area contributed by atoms with Crippen LogP contribution in [0.5, 0.6) is 0 Å². The number of amides is 1. The van der Waals surface area contributed by atoms with E-state index >= 15 is 0 Å². The van der Waals surface area contributed by atoms with Crippen LogP contribution in [0, 0.1) is 20.8 Å². The molecule has 0 radical (unpaired) electrons. The molecule has 1 aromatic carbocycles. The van der Waals surface area contributed by atoms with Gasteiger partial charge in [-0.3, -0.25) is 9.69 Å². The molecular weight excluding hydrogens is 408 g/mol. The van der Waals surface area contributed by atoms with Crippen molar-refractivity contribution in [3.05, 3.63) is 45.4 Å². The molecule has 1 amide bonds. The molecule has 1 saturated heterocycles. The number of hydrogen-bond acceptors (Lipinski definition) is 6. The van der Waals surface area contributed by atoms with Gasteiger partial charge >= 0.3 is 0 Å². The molecule has 0 atom stereocenters. The SMILES string of the molecule is Cc1nc(CN2CCN(C(=O)CCNS(=O)(=O)c3ccc(C)c(C)c3)CC2)cs1. The zero-order valence-corrected chi connectivity index (χ0v) is 18.8. The molecule has 158 valence electrons. The summed E-state index contributed by atoms with van der Waals surface area (Å²) in [6, 6.07) is 5.04. The molecule has 0 bridgehead atoms. The summed E-state index contributed by atoms with van der Waals surface area (Å²) >= 11 is 1.65. The number of rotatable bonds is 7. The number of piperazine rings is 1. The van der Waals surface area contributed by atoms with Crippen LogP contribution in [0.2, 0.25) is 0 Å². The Kier molecular flexibility index (Phi) is 7.05. The fourth-order valence-corrected chi connectivity index (χ4v) is 5.00. The number of carbonyl (C=O) groups is 1. The smallest absolute Gasteiger partial charge is 0.240 e. The summed E-state index contributed by atoms with van der Waals surface area (Å²) in [5.41, 5.74) is 3.05. The second kappa shape index (κ2) is 9.34. The van der Waals surface area contributed by atoms with E-state index in [9.17, 15) is 13.2 Å². The van der Waals surface area contributed by atoms with Crippen molar-refractivity contribution in [1.29, 1.82) is 0 Å². The molecule has 7 nitrogen and oxygen atoms in total. The van der Waals surface area contributed by atoms with E-state index in [-0.39, 0.29) is 23.8 Å². The van der Waals surface area contributed by atoms with E-state index < -0.39 is 10.0 Å². The predicted octanol–water partition coefficient (Wildman–Crippen LogP) is 2.08. The van der Waals surface area contributed by atoms with Crippen LogP contribution in [0.4, 0.5) is 0 Å². The largest absolute Gasteiger partial charge is 0.340 e. The number of nitrogens with zero attached hydrogens (tertiary/aromatic N) is 3. The standard InChI is InChI=1S/C20H28N4O3S2/c1-15-4-5-19(12-16(15)2)29(26,27)21-7-6-20(25)24-10-8-23(9-11-24)13-18-14-28-17(3)22-18/h4-5,12,14,21H,6-11,13H2,1-3H3. The maximum atomic E-state index is 12.4. The van der Waals surface area contributed by atoms with Crippen molar-refractivity contribution in [3.63, 3.8) is 0 Å². The maximum absolute atomic E-state index is 12.4. The zero-order valence-electron chi connectivity index (χ0n) is 17.1. The van der Waals surface area contributed by atoms with Crippen molar-refractivity contribution < 1.29 is 13.2 Å². The molecule has 2 heterocycles. The minimum absolute atomic E-state index is 0.0167. The van der Waals surface area contributed by atoms with Crippen LogP contribution in [-0.2, 0) is 21.4 Å². The zero-order chi connectivity index (χ0) is 21.0. The van der Waals surface area contributed by atoms with E-state index in [1.807, 2.05) is 25.7 Å². The van der Waals surface area contributed by atoms with Crippen LogP contribution in [0.3, 0.4) is 0 Å². The molecule has 29 heavy (non-hydrogen) atoms. The number of thiazole rings is 1. The van der Waals surface area contributed by atoms with E-state index in [4.69, 9.17) is 0 Å². The molecule has 1 fully saturated rings. The van der Waals surface area contributed by atoms with Gasteiger partial charge in [0, 0.05) is 51.1 Å². The molecule has 2 aromatic rings. The lowest BCUT2D eigenvalue weighted by atomic mass is 10.1. The molecule has 3 rings (SSSR count). The van der Waals surface area contributed by atoms with Crippen LogP contribution in [0.1, 0.15) is 28.2 Å². The average molecular weight is 437 g/mol. The van der Waals surface area contributed by atoms with E-state index in [2.05, 4.69) is 20.0 Å². The summed E-state index contributed by atoms with van der Waals surface area (Å²) in [5, 5.41) is 3.14. The van der Waals surface area contributed by atoms with Gasteiger partial charge in [-0.2, -0.15) is 0 Å². The lowest BCUT2D eigenvalue weighted by Crippen LogP contribution is -2.48. The molecular formula is C20H28N4O3S2. The van der Waals surface area contributed by atoms with Crippen molar-refractivity contribution in [2.75, 3.05) is 32.7 Å². The number of carbonyl (C=O) groups excluding carboxylic acids is 1. The van der Waals surface area contributed by atoms with Crippen molar-refractivity contribution in [2.45, 2.75) is 38.6 Å². The highest BCUT2D eigenvalue weighted by molar-refractivity contribution is 7.89. The highest BCUT2D eigenvalue weighted by Gasteiger charge is 2.22. The minimum Gasteiger partial charge on any atom is -0.340 e. The summed E-state index contributed by atoms with van der Waals surface area (Å²) in [5.74, 6) is -0.0167. The highest BCUT2D eigenvalue weighted by atomic mass is 32.2. The third-order valence-corrected chi connectivity index (χ3v) is 7.48. The third kappa shape index (κ3) is 5.85. The van der Waals surface area contributed by atoms with Gasteiger partial charge in [0.05, 0.1) is 15.6 Å². The number of benzene rings is 1.